The SMILES string of the molecule is CCCCCCCCCCCCCCCCCCCCCCC(=O)OC[C@H](COP(=O)(O)OC[C@@H](O)COP(=O)(O)OC[C@@H](COC(=O)CCCCCCCCCC(C)C)OC(=O)CCCCCCCCCCCCC(C)C)OC(=O)CCCCCCCCCCCCCCCCCCCCC(C)CC. The highest BCUT2D eigenvalue weighted by molar-refractivity contribution is 7.47. The number of aliphatic hydroxyl groups excluding tert-OH is 1. The molecule has 0 fully saturated rings. The molecule has 0 spiro atoms. The van der Waals surface area contributed by atoms with Gasteiger partial charge in [0.1, 0.15) is 19.3 Å². The molecule has 0 amide bonds. The van der Waals surface area contributed by atoms with Crippen molar-refractivity contribution in [2.24, 2.45) is 17.8 Å². The number of ether oxygens (including phenoxy) is 4. The zero-order valence-electron chi connectivity index (χ0n) is 69.2. The predicted octanol–water partition coefficient (Wildman–Crippen LogP) is 26.1. The van der Waals surface area contributed by atoms with Gasteiger partial charge in [-0.3, -0.25) is 37.3 Å². The number of aliphatic hydroxyl groups is 1. The molecule has 0 saturated heterocycles. The van der Waals surface area contributed by atoms with E-state index < -0.39 is 97.5 Å². The Bertz CT molecular complexity index is 2030. The van der Waals surface area contributed by atoms with E-state index in [0.717, 1.165) is 108 Å². The molecule has 0 radical (unpaired) electrons. The molecular weight excluding hydrogens is 1370 g/mol. The maximum atomic E-state index is 13.1. The molecule has 624 valence electrons. The molecule has 0 aromatic rings. The van der Waals surface area contributed by atoms with Crippen molar-refractivity contribution >= 4 is 39.5 Å². The van der Waals surface area contributed by atoms with Crippen molar-refractivity contribution in [1.29, 1.82) is 0 Å². The summed E-state index contributed by atoms with van der Waals surface area (Å²) in [4.78, 5) is 73.2. The number of carbonyl (C=O) groups excluding carboxylic acids is 4. The Balaban J connectivity index is 5.21. The van der Waals surface area contributed by atoms with Gasteiger partial charge in [0.2, 0.25) is 0 Å². The summed E-state index contributed by atoms with van der Waals surface area (Å²) in [6.45, 7) is 12.0. The third-order valence-corrected chi connectivity index (χ3v) is 22.4. The van der Waals surface area contributed by atoms with Crippen LogP contribution in [0, 0.1) is 17.8 Å². The largest absolute Gasteiger partial charge is 0.472 e. The average molecular weight is 1540 g/mol. The van der Waals surface area contributed by atoms with Crippen LogP contribution in [0.25, 0.3) is 0 Å². The summed E-state index contributed by atoms with van der Waals surface area (Å²) in [6, 6.07) is 0. The molecule has 0 heterocycles. The lowest BCUT2D eigenvalue weighted by Gasteiger charge is -2.21. The fourth-order valence-electron chi connectivity index (χ4n) is 13.3. The summed E-state index contributed by atoms with van der Waals surface area (Å²) in [5, 5.41) is 10.7. The lowest BCUT2D eigenvalue weighted by Crippen LogP contribution is -2.30. The van der Waals surface area contributed by atoms with Gasteiger partial charge in [-0.1, -0.05) is 402 Å². The molecule has 0 aliphatic rings. The van der Waals surface area contributed by atoms with Gasteiger partial charge in [-0.05, 0) is 43.4 Å². The summed E-state index contributed by atoms with van der Waals surface area (Å²) in [7, 11) is -9.93. The number of hydrogen-bond donors (Lipinski definition) is 3. The minimum absolute atomic E-state index is 0.105. The van der Waals surface area contributed by atoms with E-state index in [1.54, 1.807) is 0 Å². The molecule has 17 nitrogen and oxygen atoms in total. The predicted molar refractivity (Wildman–Crippen MR) is 432 cm³/mol. The summed E-state index contributed by atoms with van der Waals surface area (Å²) >= 11 is 0. The highest BCUT2D eigenvalue weighted by Gasteiger charge is 2.30. The van der Waals surface area contributed by atoms with Crippen molar-refractivity contribution in [1.82, 2.24) is 0 Å². The zero-order chi connectivity index (χ0) is 77.2. The molecule has 6 atom stereocenters. The number of unbranched alkanes of at least 4 members (excludes halogenated alkanes) is 51. The topological polar surface area (TPSA) is 237 Å². The van der Waals surface area contributed by atoms with Crippen molar-refractivity contribution in [2.75, 3.05) is 39.6 Å². The van der Waals surface area contributed by atoms with E-state index in [1.165, 1.54) is 257 Å². The van der Waals surface area contributed by atoms with E-state index in [-0.39, 0.29) is 25.7 Å². The first-order valence-corrected chi connectivity index (χ1v) is 47.4. The van der Waals surface area contributed by atoms with Crippen LogP contribution in [0.2, 0.25) is 0 Å². The van der Waals surface area contributed by atoms with E-state index in [4.69, 9.17) is 37.0 Å². The minimum Gasteiger partial charge on any atom is -0.462 e. The number of hydrogen-bond acceptors (Lipinski definition) is 15. The third-order valence-electron chi connectivity index (χ3n) is 20.5. The summed E-state index contributed by atoms with van der Waals surface area (Å²) in [5.74, 6) is 0.220. The highest BCUT2D eigenvalue weighted by atomic mass is 31.2. The lowest BCUT2D eigenvalue weighted by molar-refractivity contribution is -0.161. The van der Waals surface area contributed by atoms with Crippen LogP contribution in [-0.4, -0.2) is 96.7 Å². The summed E-state index contributed by atoms with van der Waals surface area (Å²) < 4.78 is 68.8. The molecule has 0 aliphatic carbocycles. The standard InChI is InChI=1S/C86H168O17P2/c1-8-10-11-12-13-14-15-16-17-18-19-20-24-27-30-33-39-46-53-60-67-83(88)96-73-81(102-85(90)69-62-55-47-40-34-31-28-25-22-21-23-26-29-32-38-45-52-59-66-79(7)9-2)75-100-104(92,93)98-71-80(87)72-99-105(94,95)101-76-82(74-97-84(89)68-61-54-49-42-44-51-58-65-78(5)6)103-86(91)70-63-56-48-41-36-35-37-43-50-57-64-77(3)4/h77-82,87H,8-76H2,1-7H3,(H,92,93)(H,94,95)/t79?,80-,81-,82-/m1/s1. The van der Waals surface area contributed by atoms with Crippen LogP contribution >= 0.6 is 15.6 Å². The quantitative estimate of drug-likeness (QED) is 0.0222. The number of carbonyl (C=O) groups is 4. The Morgan fingerprint density at radius 1 is 0.276 bits per heavy atom. The lowest BCUT2D eigenvalue weighted by atomic mass is 9.99. The molecule has 0 aromatic heterocycles. The summed E-state index contributed by atoms with van der Waals surface area (Å²) in [5.41, 5.74) is 0. The average Bonchev–Trinajstić information content (AvgIpc) is 0.903. The van der Waals surface area contributed by atoms with E-state index >= 15 is 0 Å². The van der Waals surface area contributed by atoms with Crippen molar-refractivity contribution in [2.45, 2.75) is 471 Å². The van der Waals surface area contributed by atoms with Crippen LogP contribution in [0.1, 0.15) is 453 Å². The molecule has 0 rings (SSSR count). The van der Waals surface area contributed by atoms with Crippen molar-refractivity contribution in [3.8, 4) is 0 Å². The van der Waals surface area contributed by atoms with Crippen molar-refractivity contribution in [3.05, 3.63) is 0 Å². The first-order chi connectivity index (χ1) is 50.8. The van der Waals surface area contributed by atoms with Gasteiger partial charge in [-0.25, -0.2) is 9.13 Å². The Labute approximate surface area is 645 Å². The van der Waals surface area contributed by atoms with Gasteiger partial charge < -0.3 is 33.8 Å². The summed E-state index contributed by atoms with van der Waals surface area (Å²) in [6.07, 6.45) is 66.9. The Kier molecular flexibility index (Phi) is 74.7. The maximum Gasteiger partial charge on any atom is 0.472 e. The molecule has 3 N–H and O–H groups in total. The van der Waals surface area contributed by atoms with Crippen LogP contribution in [0.4, 0.5) is 0 Å². The van der Waals surface area contributed by atoms with Crippen LogP contribution in [0.15, 0.2) is 0 Å². The van der Waals surface area contributed by atoms with Gasteiger partial charge in [0.15, 0.2) is 12.2 Å². The minimum atomic E-state index is -4.97. The second-order valence-electron chi connectivity index (χ2n) is 32.1. The highest BCUT2D eigenvalue weighted by Crippen LogP contribution is 2.45. The van der Waals surface area contributed by atoms with Crippen molar-refractivity contribution in [3.63, 3.8) is 0 Å². The number of esters is 4. The normalized spacial score (nSPS) is 14.1. The second kappa shape index (κ2) is 76.1. The fourth-order valence-corrected chi connectivity index (χ4v) is 14.9. The smallest absolute Gasteiger partial charge is 0.462 e. The first-order valence-electron chi connectivity index (χ1n) is 44.4. The van der Waals surface area contributed by atoms with Gasteiger partial charge in [0.25, 0.3) is 0 Å². The molecule has 0 saturated carbocycles. The Morgan fingerprint density at radius 2 is 0.486 bits per heavy atom. The van der Waals surface area contributed by atoms with Gasteiger partial charge in [0.05, 0.1) is 26.4 Å². The molecule has 3 unspecified atom stereocenters. The van der Waals surface area contributed by atoms with Gasteiger partial charge in [0, 0.05) is 25.7 Å². The van der Waals surface area contributed by atoms with Crippen LogP contribution in [0.3, 0.4) is 0 Å². The monoisotopic (exact) mass is 1540 g/mol. The third kappa shape index (κ3) is 78.5. The van der Waals surface area contributed by atoms with Gasteiger partial charge >= 0.3 is 39.5 Å². The Morgan fingerprint density at radius 3 is 0.724 bits per heavy atom. The van der Waals surface area contributed by atoms with Gasteiger partial charge in [-0.15, -0.1) is 0 Å². The van der Waals surface area contributed by atoms with Crippen molar-refractivity contribution < 1.29 is 80.2 Å². The molecule has 0 aliphatic heterocycles. The molecular formula is C86H168O17P2. The molecule has 0 aromatic carbocycles. The van der Waals surface area contributed by atoms with E-state index in [0.29, 0.717) is 31.6 Å². The van der Waals surface area contributed by atoms with Crippen LogP contribution in [0.5, 0.6) is 0 Å². The fraction of sp³-hybridized carbons (Fsp3) is 0.953. The van der Waals surface area contributed by atoms with E-state index in [1.807, 2.05) is 0 Å². The second-order valence-corrected chi connectivity index (χ2v) is 35.0. The van der Waals surface area contributed by atoms with E-state index in [2.05, 4.69) is 48.5 Å². The van der Waals surface area contributed by atoms with E-state index in [9.17, 15) is 43.2 Å². The molecule has 105 heavy (non-hydrogen) atoms. The number of rotatable bonds is 84. The van der Waals surface area contributed by atoms with Crippen LogP contribution in [-0.2, 0) is 65.4 Å². The van der Waals surface area contributed by atoms with Crippen LogP contribution < -0.4 is 0 Å². The molecule has 0 bridgehead atoms. The number of phosphoric acid groups is 2. The van der Waals surface area contributed by atoms with Gasteiger partial charge in [-0.2, -0.15) is 0 Å². The Hall–Kier alpha value is -1.94. The zero-order valence-corrected chi connectivity index (χ0v) is 71.0. The number of phosphoric ester groups is 2. The maximum absolute atomic E-state index is 13.1. The first kappa shape index (κ1) is 103. The molecule has 19 heteroatoms.